The Morgan fingerprint density at radius 1 is 0.707 bits per heavy atom. The van der Waals surface area contributed by atoms with Gasteiger partial charge in [0.15, 0.2) is 0 Å². The fourth-order valence-corrected chi connectivity index (χ4v) is 4.77. The summed E-state index contributed by atoms with van der Waals surface area (Å²) in [5.74, 6) is -3.31. The van der Waals surface area contributed by atoms with E-state index in [1.54, 1.807) is 0 Å². The summed E-state index contributed by atoms with van der Waals surface area (Å²) in [6, 6.07) is 8.65. The third-order valence-electron chi connectivity index (χ3n) is 5.76. The van der Waals surface area contributed by atoms with Crippen LogP contribution in [0.25, 0.3) is 11.1 Å². The van der Waals surface area contributed by atoms with Gasteiger partial charge in [0.25, 0.3) is 11.8 Å². The summed E-state index contributed by atoms with van der Waals surface area (Å²) in [6.45, 7) is 0. The molecule has 0 aliphatic carbocycles. The first-order valence-electron chi connectivity index (χ1n) is 10.9. The second kappa shape index (κ2) is 11.1. The fourth-order valence-electron chi connectivity index (χ4n) is 3.86. The summed E-state index contributed by atoms with van der Waals surface area (Å²) in [4.78, 5) is 25.0. The molecule has 16 heteroatoms. The maximum absolute atomic E-state index is 15.4. The predicted molar refractivity (Wildman–Crippen MR) is 132 cm³/mol. The average molecular weight is 710 g/mol. The topological polar surface area (TPSA) is 58.2 Å². The van der Waals surface area contributed by atoms with Gasteiger partial charge in [-0.15, -0.1) is 0 Å². The normalized spacial score (nSPS) is 12.7. The highest BCUT2D eigenvalue weighted by atomic mass is 127. The van der Waals surface area contributed by atoms with E-state index >= 15 is 4.39 Å². The lowest BCUT2D eigenvalue weighted by molar-refractivity contribution is -0.349. The number of benzene rings is 3. The first-order valence-corrected chi connectivity index (χ1v) is 12.0. The van der Waals surface area contributed by atoms with Gasteiger partial charge in [0.1, 0.15) is 5.82 Å². The summed E-state index contributed by atoms with van der Waals surface area (Å²) < 4.78 is 149. The third-order valence-corrected chi connectivity index (χ3v) is 6.88. The van der Waals surface area contributed by atoms with Crippen LogP contribution < -0.4 is 10.6 Å². The van der Waals surface area contributed by atoms with E-state index in [1.165, 1.54) is 37.4 Å². The van der Waals surface area contributed by atoms with Crippen molar-refractivity contribution in [1.82, 2.24) is 5.32 Å². The van der Waals surface area contributed by atoms with Gasteiger partial charge in [0.2, 0.25) is 0 Å². The molecule has 0 saturated heterocycles. The molecule has 3 aromatic rings. The van der Waals surface area contributed by atoms with Crippen molar-refractivity contribution >= 4 is 40.1 Å². The number of hydrogen-bond donors (Lipinski definition) is 2. The van der Waals surface area contributed by atoms with Crippen LogP contribution in [-0.4, -0.2) is 31.2 Å². The van der Waals surface area contributed by atoms with Crippen molar-refractivity contribution in [3.63, 3.8) is 0 Å². The Hall–Kier alpha value is -3.44. The highest BCUT2D eigenvalue weighted by Gasteiger charge is 2.75. The molecule has 3 rings (SSSR count). The van der Waals surface area contributed by atoms with Crippen molar-refractivity contribution < 1.29 is 57.9 Å². The van der Waals surface area contributed by atoms with E-state index in [-0.39, 0.29) is 22.8 Å². The molecule has 0 aliphatic heterocycles. The van der Waals surface area contributed by atoms with E-state index in [4.69, 9.17) is 0 Å². The summed E-state index contributed by atoms with van der Waals surface area (Å²) in [5.41, 5.74) is -13.9. The number of amides is 2. The molecule has 41 heavy (non-hydrogen) atoms. The Bertz CT molecular complexity index is 1480. The van der Waals surface area contributed by atoms with E-state index in [1.807, 2.05) is 5.32 Å². The molecule has 0 aromatic heterocycles. The Labute approximate surface area is 237 Å². The zero-order valence-electron chi connectivity index (χ0n) is 20.0. The summed E-state index contributed by atoms with van der Waals surface area (Å²) in [5, 5.41) is 4.15. The standard InChI is InChI=1S/C25H14F11IN2O2/c1-38-20(40)13-6-3-2-5-11(13)12-7-4-8-14(18(12)26)21(41)39-16-10-9-15(17(19(16)37)23(28,29)30)22(27,24(31,32)33)25(34,35)36/h2-10H,1H3,(H,38,40)(H,39,41). The molecule has 2 N–H and O–H groups in total. The van der Waals surface area contributed by atoms with Gasteiger partial charge in [-0.05, 0) is 46.4 Å². The summed E-state index contributed by atoms with van der Waals surface area (Å²) >= 11 is 0.707. The molecular formula is C25H14F11IN2O2. The van der Waals surface area contributed by atoms with Crippen molar-refractivity contribution in [2.75, 3.05) is 12.4 Å². The minimum Gasteiger partial charge on any atom is -0.355 e. The van der Waals surface area contributed by atoms with Gasteiger partial charge in [-0.25, -0.2) is 8.78 Å². The minimum atomic E-state index is -6.84. The van der Waals surface area contributed by atoms with Crippen LogP contribution in [0.3, 0.4) is 0 Å². The van der Waals surface area contributed by atoms with E-state index in [2.05, 4.69) is 5.32 Å². The van der Waals surface area contributed by atoms with E-state index in [9.17, 15) is 53.5 Å². The van der Waals surface area contributed by atoms with Gasteiger partial charge >= 0.3 is 24.2 Å². The molecule has 0 radical (unpaired) electrons. The van der Waals surface area contributed by atoms with Crippen molar-refractivity contribution in [2.45, 2.75) is 24.2 Å². The second-order valence-electron chi connectivity index (χ2n) is 8.25. The third kappa shape index (κ3) is 5.83. The van der Waals surface area contributed by atoms with Gasteiger partial charge in [0, 0.05) is 27.3 Å². The van der Waals surface area contributed by atoms with E-state index in [0.29, 0.717) is 22.6 Å². The summed E-state index contributed by atoms with van der Waals surface area (Å²) in [7, 11) is 1.30. The van der Waals surface area contributed by atoms with Crippen molar-refractivity contribution in [3.05, 3.63) is 86.2 Å². The molecule has 3 aromatic carbocycles. The van der Waals surface area contributed by atoms with Gasteiger partial charge in [-0.1, -0.05) is 36.4 Å². The molecular weight excluding hydrogens is 696 g/mol. The number of halogens is 12. The molecule has 0 bridgehead atoms. The molecule has 2 amide bonds. The Morgan fingerprint density at radius 2 is 1.24 bits per heavy atom. The molecule has 0 saturated carbocycles. The smallest absolute Gasteiger partial charge is 0.355 e. The summed E-state index contributed by atoms with van der Waals surface area (Å²) in [6.07, 6.45) is -19.6. The quantitative estimate of drug-likeness (QED) is 0.208. The van der Waals surface area contributed by atoms with Crippen LogP contribution in [0.2, 0.25) is 0 Å². The lowest BCUT2D eigenvalue weighted by atomic mass is 9.89. The van der Waals surface area contributed by atoms with Crippen LogP contribution >= 0.6 is 22.6 Å². The first kappa shape index (κ1) is 32.1. The lowest BCUT2D eigenvalue weighted by Gasteiger charge is -2.33. The van der Waals surface area contributed by atoms with Gasteiger partial charge in [-0.3, -0.25) is 9.59 Å². The van der Waals surface area contributed by atoms with Crippen molar-refractivity contribution in [1.29, 1.82) is 0 Å². The van der Waals surface area contributed by atoms with Crippen LogP contribution in [0.4, 0.5) is 54.0 Å². The number of anilines is 1. The van der Waals surface area contributed by atoms with Crippen LogP contribution in [0.15, 0.2) is 54.6 Å². The Balaban J connectivity index is 2.15. The van der Waals surface area contributed by atoms with Crippen molar-refractivity contribution in [2.24, 2.45) is 0 Å². The van der Waals surface area contributed by atoms with E-state index in [0.717, 1.165) is 12.1 Å². The van der Waals surface area contributed by atoms with Crippen LogP contribution in [0.5, 0.6) is 0 Å². The molecule has 0 heterocycles. The number of nitrogens with one attached hydrogen (secondary N) is 2. The van der Waals surface area contributed by atoms with Crippen LogP contribution in [0, 0.1) is 9.39 Å². The second-order valence-corrected chi connectivity index (χ2v) is 9.33. The lowest BCUT2D eigenvalue weighted by Crippen LogP contribution is -2.51. The molecule has 220 valence electrons. The van der Waals surface area contributed by atoms with Gasteiger partial charge in [-0.2, -0.15) is 39.5 Å². The maximum atomic E-state index is 15.4. The number of carbonyl (C=O) groups is 2. The fraction of sp³-hybridized carbons (Fsp3) is 0.200. The minimum absolute atomic E-state index is 0.00421. The molecule has 0 fully saturated rings. The van der Waals surface area contributed by atoms with Crippen molar-refractivity contribution in [3.8, 4) is 11.1 Å². The zero-order chi connectivity index (χ0) is 31.1. The highest BCUT2D eigenvalue weighted by molar-refractivity contribution is 14.1. The molecule has 0 atom stereocenters. The van der Waals surface area contributed by atoms with Crippen LogP contribution in [0.1, 0.15) is 31.8 Å². The van der Waals surface area contributed by atoms with E-state index < -0.39 is 73.8 Å². The average Bonchev–Trinajstić information content (AvgIpc) is 2.86. The Kier molecular flexibility index (Phi) is 8.68. The SMILES string of the molecule is CNC(=O)c1ccccc1-c1cccc(C(=O)Nc2ccc(C(F)(C(F)(F)F)C(F)(F)F)c(C(F)(F)F)c2I)c1F. The van der Waals surface area contributed by atoms with Gasteiger partial charge in [0.05, 0.1) is 16.8 Å². The largest absolute Gasteiger partial charge is 0.435 e. The predicted octanol–water partition coefficient (Wildman–Crippen LogP) is 8.02. The maximum Gasteiger partial charge on any atom is 0.435 e. The molecule has 4 nitrogen and oxygen atoms in total. The number of alkyl halides is 10. The Morgan fingerprint density at radius 3 is 1.78 bits per heavy atom. The molecule has 0 spiro atoms. The molecule has 0 unspecified atom stereocenters. The number of carbonyl (C=O) groups excluding carboxylic acids is 2. The highest BCUT2D eigenvalue weighted by Crippen LogP contribution is 2.56. The van der Waals surface area contributed by atoms with Crippen LogP contribution in [-0.2, 0) is 11.8 Å². The zero-order valence-corrected chi connectivity index (χ0v) is 22.2. The monoisotopic (exact) mass is 710 g/mol. The number of rotatable bonds is 5. The van der Waals surface area contributed by atoms with Gasteiger partial charge < -0.3 is 10.6 Å². The number of hydrogen-bond acceptors (Lipinski definition) is 2. The molecule has 0 aliphatic rings. The first-order chi connectivity index (χ1) is 18.8.